The van der Waals surface area contributed by atoms with E-state index in [0.29, 0.717) is 24.3 Å². The molecule has 0 aliphatic heterocycles. The summed E-state index contributed by atoms with van der Waals surface area (Å²) < 4.78 is 125. The Bertz CT molecular complexity index is 577. The number of benzene rings is 1. The van der Waals surface area contributed by atoms with E-state index in [2.05, 4.69) is 0 Å². The lowest BCUT2D eigenvalue weighted by Crippen LogP contribution is -2.64. The Morgan fingerprint density at radius 2 is 1.22 bits per heavy atom. The van der Waals surface area contributed by atoms with E-state index in [0.717, 1.165) is 5.32 Å². The lowest BCUT2D eigenvalue weighted by atomic mass is 10.0. The molecule has 1 amide bonds. The van der Waals surface area contributed by atoms with E-state index in [1.165, 1.54) is 0 Å². The standard InChI is InChI=1S/C11H5F10NO/c12-5-1-3-6(4-2-5)22-7(23)8(13,14)9(15,16)10(17,18)11(19,20)21/h1-4H,(H,22,23). The molecule has 0 saturated carbocycles. The van der Waals surface area contributed by atoms with E-state index in [-0.39, 0.29) is 0 Å². The first kappa shape index (κ1) is 19.0. The van der Waals surface area contributed by atoms with Crippen LogP contribution in [0.25, 0.3) is 0 Å². The van der Waals surface area contributed by atoms with Crippen LogP contribution in [0.3, 0.4) is 0 Å². The van der Waals surface area contributed by atoms with Crippen LogP contribution in [0.5, 0.6) is 0 Å². The molecule has 0 atom stereocenters. The minimum Gasteiger partial charge on any atom is -0.321 e. The third kappa shape index (κ3) is 3.20. The molecule has 0 heterocycles. The lowest BCUT2D eigenvalue weighted by molar-refractivity contribution is -0.388. The molecule has 1 aromatic carbocycles. The first-order valence-corrected chi connectivity index (χ1v) is 5.42. The Morgan fingerprint density at radius 3 is 1.61 bits per heavy atom. The molecule has 0 radical (unpaired) electrons. The van der Waals surface area contributed by atoms with Crippen molar-refractivity contribution in [1.82, 2.24) is 0 Å². The molecule has 0 aromatic heterocycles. The predicted molar refractivity (Wildman–Crippen MR) is 55.9 cm³/mol. The number of amides is 1. The zero-order valence-electron chi connectivity index (χ0n) is 10.5. The van der Waals surface area contributed by atoms with Gasteiger partial charge >= 0.3 is 29.9 Å². The summed E-state index contributed by atoms with van der Waals surface area (Å²) in [6.07, 6.45) is -7.02. The van der Waals surface area contributed by atoms with Gasteiger partial charge in [0.2, 0.25) is 0 Å². The number of hydrogen-bond acceptors (Lipinski definition) is 1. The molecule has 1 aromatic rings. The van der Waals surface area contributed by atoms with Crippen molar-refractivity contribution < 1.29 is 48.7 Å². The van der Waals surface area contributed by atoms with Gasteiger partial charge in [0, 0.05) is 5.69 Å². The average molecular weight is 357 g/mol. The highest BCUT2D eigenvalue weighted by Gasteiger charge is 2.83. The molecule has 130 valence electrons. The molecule has 0 aliphatic carbocycles. The summed E-state index contributed by atoms with van der Waals surface area (Å²) in [5.41, 5.74) is -0.720. The van der Waals surface area contributed by atoms with Crippen LogP contribution in [0.15, 0.2) is 24.3 Å². The summed E-state index contributed by atoms with van der Waals surface area (Å²) in [6.45, 7) is 0. The topological polar surface area (TPSA) is 29.1 Å². The average Bonchev–Trinajstić information content (AvgIpc) is 2.39. The summed E-state index contributed by atoms with van der Waals surface area (Å²) in [5, 5.41) is 1.00. The number of rotatable bonds is 4. The van der Waals surface area contributed by atoms with Gasteiger partial charge < -0.3 is 5.32 Å². The van der Waals surface area contributed by atoms with Gasteiger partial charge in [-0.1, -0.05) is 0 Å². The number of anilines is 1. The molecule has 23 heavy (non-hydrogen) atoms. The number of alkyl halides is 9. The van der Waals surface area contributed by atoms with Gasteiger partial charge in [0.25, 0.3) is 0 Å². The van der Waals surface area contributed by atoms with Crippen LogP contribution in [0.4, 0.5) is 49.6 Å². The van der Waals surface area contributed by atoms with Gasteiger partial charge in [0.05, 0.1) is 0 Å². The van der Waals surface area contributed by atoms with Gasteiger partial charge in [0.1, 0.15) is 5.82 Å². The molecular weight excluding hydrogens is 352 g/mol. The van der Waals surface area contributed by atoms with Crippen molar-refractivity contribution in [3.63, 3.8) is 0 Å². The first-order chi connectivity index (χ1) is 10.1. The Kier molecular flexibility index (Phi) is 4.61. The Hall–Kier alpha value is -2.01. The smallest absolute Gasteiger partial charge is 0.321 e. The third-order valence-corrected chi connectivity index (χ3v) is 2.53. The fourth-order valence-corrected chi connectivity index (χ4v) is 1.26. The second-order valence-electron chi connectivity index (χ2n) is 4.18. The third-order valence-electron chi connectivity index (χ3n) is 2.53. The normalized spacial score (nSPS) is 13.8. The van der Waals surface area contributed by atoms with Crippen molar-refractivity contribution in [1.29, 1.82) is 0 Å². The highest BCUT2D eigenvalue weighted by molar-refractivity contribution is 5.97. The second-order valence-corrected chi connectivity index (χ2v) is 4.18. The summed E-state index contributed by atoms with van der Waals surface area (Å²) in [7, 11) is 0. The number of nitrogens with one attached hydrogen (secondary N) is 1. The molecule has 0 fully saturated rings. The maximum atomic E-state index is 13.2. The van der Waals surface area contributed by atoms with Crippen LogP contribution in [-0.4, -0.2) is 29.9 Å². The fourth-order valence-electron chi connectivity index (χ4n) is 1.26. The van der Waals surface area contributed by atoms with Crippen molar-refractivity contribution in [2.24, 2.45) is 0 Å². The summed E-state index contributed by atoms with van der Waals surface area (Å²) >= 11 is 0. The maximum Gasteiger partial charge on any atom is 0.460 e. The number of hydrogen-bond donors (Lipinski definition) is 1. The van der Waals surface area contributed by atoms with E-state index >= 15 is 0 Å². The molecule has 0 saturated heterocycles. The molecular formula is C11H5F10NO. The zero-order chi connectivity index (χ0) is 18.3. The minimum atomic E-state index is -7.16. The molecule has 1 rings (SSSR count). The molecule has 0 unspecified atom stereocenters. The summed E-state index contributed by atoms with van der Waals surface area (Å²) in [4.78, 5) is 11.0. The van der Waals surface area contributed by atoms with Crippen LogP contribution in [0.1, 0.15) is 0 Å². The van der Waals surface area contributed by atoms with Crippen LogP contribution < -0.4 is 5.32 Å². The molecule has 0 bridgehead atoms. The highest BCUT2D eigenvalue weighted by Crippen LogP contribution is 2.53. The largest absolute Gasteiger partial charge is 0.460 e. The van der Waals surface area contributed by atoms with Crippen LogP contribution in [0, 0.1) is 5.82 Å². The minimum absolute atomic E-state index is 0.593. The van der Waals surface area contributed by atoms with E-state index in [1.54, 1.807) is 0 Å². The SMILES string of the molecule is O=C(Nc1ccc(F)cc1)C(F)(F)C(F)(F)C(F)(F)C(F)(F)F. The van der Waals surface area contributed by atoms with Crippen molar-refractivity contribution in [2.45, 2.75) is 23.9 Å². The molecule has 12 heteroatoms. The van der Waals surface area contributed by atoms with Crippen molar-refractivity contribution >= 4 is 11.6 Å². The monoisotopic (exact) mass is 357 g/mol. The molecule has 0 aliphatic rings. The summed E-state index contributed by atoms with van der Waals surface area (Å²) in [5.74, 6) is -24.6. The molecule has 1 N–H and O–H groups in total. The predicted octanol–water partition coefficient (Wildman–Crippen LogP) is 4.23. The van der Waals surface area contributed by atoms with Crippen LogP contribution in [-0.2, 0) is 4.79 Å². The van der Waals surface area contributed by atoms with Crippen molar-refractivity contribution in [3.05, 3.63) is 30.1 Å². The lowest BCUT2D eigenvalue weighted by Gasteiger charge is -2.32. The molecule has 0 spiro atoms. The fraction of sp³-hybridized carbons (Fsp3) is 0.364. The van der Waals surface area contributed by atoms with E-state index in [1.807, 2.05) is 0 Å². The quantitative estimate of drug-likeness (QED) is 0.803. The Balaban J connectivity index is 3.13. The summed E-state index contributed by atoms with van der Waals surface area (Å²) in [6, 6.07) is 2.39. The molecule has 2 nitrogen and oxygen atoms in total. The van der Waals surface area contributed by atoms with E-state index < -0.39 is 41.4 Å². The van der Waals surface area contributed by atoms with Gasteiger partial charge in [-0.25, -0.2) is 4.39 Å². The van der Waals surface area contributed by atoms with Crippen LogP contribution >= 0.6 is 0 Å². The van der Waals surface area contributed by atoms with Gasteiger partial charge in [-0.3, -0.25) is 4.79 Å². The Labute approximate surface area is 121 Å². The van der Waals surface area contributed by atoms with Crippen molar-refractivity contribution in [3.8, 4) is 0 Å². The van der Waals surface area contributed by atoms with Gasteiger partial charge in [-0.15, -0.1) is 0 Å². The van der Waals surface area contributed by atoms with Crippen LogP contribution in [0.2, 0.25) is 0 Å². The van der Waals surface area contributed by atoms with Crippen molar-refractivity contribution in [2.75, 3.05) is 5.32 Å². The van der Waals surface area contributed by atoms with Gasteiger partial charge in [-0.05, 0) is 24.3 Å². The maximum absolute atomic E-state index is 13.2. The van der Waals surface area contributed by atoms with E-state index in [4.69, 9.17) is 0 Å². The number of carbonyl (C=O) groups is 1. The Morgan fingerprint density at radius 1 is 0.783 bits per heavy atom. The second kappa shape index (κ2) is 5.57. The van der Waals surface area contributed by atoms with Gasteiger partial charge in [-0.2, -0.15) is 39.5 Å². The van der Waals surface area contributed by atoms with E-state index in [9.17, 15) is 48.7 Å². The highest BCUT2D eigenvalue weighted by atomic mass is 19.4. The number of halogens is 10. The van der Waals surface area contributed by atoms with Gasteiger partial charge in [0.15, 0.2) is 0 Å². The number of carbonyl (C=O) groups excluding carboxylic acids is 1. The zero-order valence-corrected chi connectivity index (χ0v) is 10.5. The first-order valence-electron chi connectivity index (χ1n) is 5.42.